The Labute approximate surface area is 224 Å². The predicted molar refractivity (Wildman–Crippen MR) is 152 cm³/mol. The van der Waals surface area contributed by atoms with E-state index in [0.29, 0.717) is 12.3 Å². The number of hydrogen-bond donors (Lipinski definition) is 2. The smallest absolute Gasteiger partial charge is 0.221 e. The minimum atomic E-state index is -0.0861. The highest BCUT2D eigenvalue weighted by Crippen LogP contribution is 2.37. The fraction of sp³-hybridized carbons (Fsp3) is 0.242. The third-order valence-corrected chi connectivity index (χ3v) is 7.83. The molecule has 0 aliphatic carbocycles. The molecular formula is C33H33ClN2O. The molecule has 3 nitrogen and oxygen atoms in total. The second-order valence-electron chi connectivity index (χ2n) is 9.83. The second-order valence-corrected chi connectivity index (χ2v) is 10.2. The maximum atomic E-state index is 13.9. The van der Waals surface area contributed by atoms with Crippen LogP contribution in [0, 0.1) is 5.92 Å². The molecule has 188 valence electrons. The van der Waals surface area contributed by atoms with E-state index < -0.39 is 0 Å². The highest BCUT2D eigenvalue weighted by molar-refractivity contribution is 6.31. The Bertz CT molecular complexity index is 1230. The largest absolute Gasteiger partial charge is 0.352 e. The van der Waals surface area contributed by atoms with Crippen molar-refractivity contribution < 1.29 is 4.79 Å². The molecule has 0 spiro atoms. The fourth-order valence-electron chi connectivity index (χ4n) is 5.65. The number of nitrogens with one attached hydrogen (secondary N) is 2. The molecular weight excluding hydrogens is 476 g/mol. The Hall–Kier alpha value is -3.40. The first-order chi connectivity index (χ1) is 18.2. The van der Waals surface area contributed by atoms with Gasteiger partial charge in [-0.25, -0.2) is 0 Å². The summed E-state index contributed by atoms with van der Waals surface area (Å²) in [6, 6.07) is 39.0. The van der Waals surface area contributed by atoms with E-state index in [9.17, 15) is 4.79 Å². The molecule has 4 heteroatoms. The predicted octanol–water partition coefficient (Wildman–Crippen LogP) is 6.79. The molecule has 2 N–H and O–H groups in total. The Kier molecular flexibility index (Phi) is 8.35. The van der Waals surface area contributed by atoms with Crippen LogP contribution in [0.25, 0.3) is 0 Å². The molecule has 0 saturated carbocycles. The first kappa shape index (κ1) is 25.3. The highest BCUT2D eigenvalue weighted by atomic mass is 35.5. The van der Waals surface area contributed by atoms with E-state index in [2.05, 4.69) is 65.2 Å². The van der Waals surface area contributed by atoms with Crippen molar-refractivity contribution in [2.75, 3.05) is 13.1 Å². The molecule has 1 aliphatic rings. The Morgan fingerprint density at radius 3 is 1.86 bits per heavy atom. The number of benzene rings is 4. The number of hydrogen-bond acceptors (Lipinski definition) is 2. The summed E-state index contributed by atoms with van der Waals surface area (Å²) in [4.78, 5) is 13.9. The molecule has 3 unspecified atom stereocenters. The van der Waals surface area contributed by atoms with Crippen molar-refractivity contribution in [1.29, 1.82) is 0 Å². The van der Waals surface area contributed by atoms with E-state index in [1.807, 2.05) is 60.7 Å². The standard InChI is InChI=1S/C33H33ClN2O/c34-30-19-11-10-18-28(30)32(26-16-8-3-9-17-26)33(27-20-21-35-23-27)36-31(37)22-29(24-12-4-1-5-13-24)25-14-6-2-7-15-25/h1-19,27,29,32-33,35H,20-23H2,(H,36,37). The van der Waals surface area contributed by atoms with Gasteiger partial charge in [-0.1, -0.05) is 121 Å². The van der Waals surface area contributed by atoms with E-state index >= 15 is 0 Å². The van der Waals surface area contributed by atoms with Crippen molar-refractivity contribution in [3.05, 3.63) is 143 Å². The summed E-state index contributed by atoms with van der Waals surface area (Å²) >= 11 is 6.77. The van der Waals surface area contributed by atoms with Crippen LogP contribution in [0.3, 0.4) is 0 Å². The van der Waals surface area contributed by atoms with Crippen LogP contribution in [0.5, 0.6) is 0 Å². The minimum absolute atomic E-state index is 0.0137. The number of halogens is 1. The first-order valence-electron chi connectivity index (χ1n) is 13.1. The van der Waals surface area contributed by atoms with Gasteiger partial charge in [-0.3, -0.25) is 4.79 Å². The van der Waals surface area contributed by atoms with Gasteiger partial charge in [-0.05, 0) is 53.7 Å². The first-order valence-corrected chi connectivity index (χ1v) is 13.5. The Balaban J connectivity index is 1.48. The van der Waals surface area contributed by atoms with Gasteiger partial charge < -0.3 is 10.6 Å². The molecule has 1 fully saturated rings. The summed E-state index contributed by atoms with van der Waals surface area (Å²) < 4.78 is 0. The van der Waals surface area contributed by atoms with E-state index in [0.717, 1.165) is 46.8 Å². The van der Waals surface area contributed by atoms with Crippen molar-refractivity contribution in [2.24, 2.45) is 5.92 Å². The number of rotatable bonds is 9. The van der Waals surface area contributed by atoms with E-state index in [1.54, 1.807) is 0 Å². The van der Waals surface area contributed by atoms with Crippen LogP contribution in [0.15, 0.2) is 115 Å². The summed E-state index contributed by atoms with van der Waals surface area (Å²) in [5.74, 6) is 0.302. The third kappa shape index (κ3) is 6.12. The zero-order valence-corrected chi connectivity index (χ0v) is 21.6. The third-order valence-electron chi connectivity index (χ3n) is 7.49. The topological polar surface area (TPSA) is 41.1 Å². The SMILES string of the molecule is O=C(CC(c1ccccc1)c1ccccc1)NC(C1CCNC1)C(c1ccccc1)c1ccccc1Cl. The van der Waals surface area contributed by atoms with Gasteiger partial charge >= 0.3 is 0 Å². The monoisotopic (exact) mass is 508 g/mol. The van der Waals surface area contributed by atoms with Crippen LogP contribution in [-0.4, -0.2) is 25.0 Å². The van der Waals surface area contributed by atoms with Gasteiger partial charge in [0.05, 0.1) is 0 Å². The summed E-state index contributed by atoms with van der Waals surface area (Å²) in [5.41, 5.74) is 4.51. The van der Waals surface area contributed by atoms with Crippen molar-refractivity contribution in [2.45, 2.75) is 30.7 Å². The second kappa shape index (κ2) is 12.2. The molecule has 0 radical (unpaired) electrons. The highest BCUT2D eigenvalue weighted by Gasteiger charge is 2.36. The van der Waals surface area contributed by atoms with E-state index in [1.165, 1.54) is 0 Å². The molecule has 0 bridgehead atoms. The molecule has 1 saturated heterocycles. The van der Waals surface area contributed by atoms with Gasteiger partial charge in [0.1, 0.15) is 0 Å². The summed E-state index contributed by atoms with van der Waals surface area (Å²) in [5, 5.41) is 7.75. The maximum Gasteiger partial charge on any atom is 0.221 e. The lowest BCUT2D eigenvalue weighted by Gasteiger charge is -2.34. The van der Waals surface area contributed by atoms with Gasteiger partial charge in [0.2, 0.25) is 5.91 Å². The molecule has 3 atom stereocenters. The molecule has 5 rings (SSSR count). The van der Waals surface area contributed by atoms with Crippen molar-refractivity contribution in [3.63, 3.8) is 0 Å². The van der Waals surface area contributed by atoms with Crippen LogP contribution < -0.4 is 10.6 Å². The van der Waals surface area contributed by atoms with Crippen LogP contribution in [0.4, 0.5) is 0 Å². The lowest BCUT2D eigenvalue weighted by atomic mass is 9.78. The van der Waals surface area contributed by atoms with Gasteiger partial charge in [0, 0.05) is 29.3 Å². The number of carbonyl (C=O) groups is 1. The average Bonchev–Trinajstić information content (AvgIpc) is 3.49. The molecule has 0 aromatic heterocycles. The minimum Gasteiger partial charge on any atom is -0.352 e. The van der Waals surface area contributed by atoms with Crippen molar-refractivity contribution in [1.82, 2.24) is 10.6 Å². The van der Waals surface area contributed by atoms with Gasteiger partial charge in [-0.2, -0.15) is 0 Å². The normalized spacial score (nSPS) is 16.9. The number of amides is 1. The summed E-state index contributed by atoms with van der Waals surface area (Å²) in [6.07, 6.45) is 1.40. The van der Waals surface area contributed by atoms with Crippen LogP contribution in [0.1, 0.15) is 46.9 Å². The average molecular weight is 509 g/mol. The summed E-state index contributed by atoms with van der Waals surface area (Å²) in [6.45, 7) is 1.83. The van der Waals surface area contributed by atoms with Crippen molar-refractivity contribution in [3.8, 4) is 0 Å². The lowest BCUT2D eigenvalue weighted by molar-refractivity contribution is -0.122. The van der Waals surface area contributed by atoms with E-state index in [-0.39, 0.29) is 23.8 Å². The van der Waals surface area contributed by atoms with Crippen molar-refractivity contribution >= 4 is 17.5 Å². The Morgan fingerprint density at radius 2 is 1.32 bits per heavy atom. The van der Waals surface area contributed by atoms with Gasteiger partial charge in [0.15, 0.2) is 0 Å². The lowest BCUT2D eigenvalue weighted by Crippen LogP contribution is -2.46. The zero-order chi connectivity index (χ0) is 25.5. The quantitative estimate of drug-likeness (QED) is 0.261. The molecule has 1 aliphatic heterocycles. The summed E-state index contributed by atoms with van der Waals surface area (Å²) in [7, 11) is 0. The fourth-order valence-corrected chi connectivity index (χ4v) is 5.91. The van der Waals surface area contributed by atoms with Crippen LogP contribution in [0.2, 0.25) is 5.02 Å². The molecule has 4 aromatic carbocycles. The molecule has 1 amide bonds. The van der Waals surface area contributed by atoms with Gasteiger partial charge in [-0.15, -0.1) is 0 Å². The molecule has 4 aromatic rings. The van der Waals surface area contributed by atoms with Crippen LogP contribution in [-0.2, 0) is 4.79 Å². The van der Waals surface area contributed by atoms with E-state index in [4.69, 9.17) is 11.6 Å². The number of carbonyl (C=O) groups excluding carboxylic acids is 1. The molecule has 1 heterocycles. The molecule has 37 heavy (non-hydrogen) atoms. The zero-order valence-electron chi connectivity index (χ0n) is 20.9. The maximum absolute atomic E-state index is 13.9. The Morgan fingerprint density at radius 1 is 0.784 bits per heavy atom. The van der Waals surface area contributed by atoms with Crippen LogP contribution >= 0.6 is 11.6 Å². The van der Waals surface area contributed by atoms with Gasteiger partial charge in [0.25, 0.3) is 0 Å².